The van der Waals surface area contributed by atoms with E-state index in [2.05, 4.69) is 29.0 Å². The molecule has 0 bridgehead atoms. The highest BCUT2D eigenvalue weighted by Gasteiger charge is 2.41. The van der Waals surface area contributed by atoms with E-state index in [9.17, 15) is 4.79 Å². The van der Waals surface area contributed by atoms with Crippen LogP contribution in [0.2, 0.25) is 0 Å². The number of aromatic nitrogens is 4. The van der Waals surface area contributed by atoms with Crippen LogP contribution < -0.4 is 15.2 Å². The highest BCUT2D eigenvalue weighted by Crippen LogP contribution is 2.43. The lowest BCUT2D eigenvalue weighted by Gasteiger charge is -2.44. The quantitative estimate of drug-likeness (QED) is 0.339. The minimum Gasteiger partial charge on any atom is -0.494 e. The molecule has 1 amide bonds. The summed E-state index contributed by atoms with van der Waals surface area (Å²) in [5, 5.41) is 1.01. The Kier molecular flexibility index (Phi) is 7.15. The maximum Gasteiger partial charge on any atom is 0.254 e. The van der Waals surface area contributed by atoms with Crippen molar-refractivity contribution in [3.63, 3.8) is 0 Å². The number of benzene rings is 1. The molecule has 1 aliphatic heterocycles. The molecule has 4 aromatic rings. The Bertz CT molecular complexity index is 1600. The van der Waals surface area contributed by atoms with Crippen molar-refractivity contribution in [2.24, 2.45) is 11.7 Å². The zero-order chi connectivity index (χ0) is 28.9. The fraction of sp³-hybridized carbons (Fsp3) is 0.516. The fourth-order valence-corrected chi connectivity index (χ4v) is 6.70. The lowest BCUT2D eigenvalue weighted by atomic mass is 9.72. The minimum absolute atomic E-state index is 0.00703. The first-order chi connectivity index (χ1) is 19.8. The molecule has 2 fully saturated rings. The topological polar surface area (TPSA) is 110 Å². The summed E-state index contributed by atoms with van der Waals surface area (Å²) in [6, 6.07) is 9.81. The molecule has 2 N–H and O–H groups in total. The first kappa shape index (κ1) is 27.5. The van der Waals surface area contributed by atoms with Crippen LogP contribution in [-0.2, 0) is 17.8 Å². The van der Waals surface area contributed by atoms with Gasteiger partial charge in [0.05, 0.1) is 31.0 Å². The van der Waals surface area contributed by atoms with Crippen molar-refractivity contribution in [3.8, 4) is 23.1 Å². The van der Waals surface area contributed by atoms with Gasteiger partial charge in [0, 0.05) is 56.3 Å². The van der Waals surface area contributed by atoms with E-state index in [1.165, 1.54) is 0 Å². The Morgan fingerprint density at radius 3 is 2.59 bits per heavy atom. The number of carbonyl (C=O) groups excluding carboxylic acids is 1. The van der Waals surface area contributed by atoms with Crippen LogP contribution in [-0.4, -0.2) is 76.0 Å². The van der Waals surface area contributed by atoms with Crippen LogP contribution in [0.15, 0.2) is 30.3 Å². The number of hydrogen-bond acceptors (Lipinski definition) is 7. The summed E-state index contributed by atoms with van der Waals surface area (Å²) in [6.07, 6.45) is 3.78. The third kappa shape index (κ3) is 4.82. The molecule has 6 rings (SSSR count). The number of methoxy groups -OCH3 is 3. The summed E-state index contributed by atoms with van der Waals surface area (Å²) in [5.41, 5.74) is 10.1. The maximum atomic E-state index is 13.6. The largest absolute Gasteiger partial charge is 0.494 e. The second-order valence-electron chi connectivity index (χ2n) is 11.7. The van der Waals surface area contributed by atoms with Gasteiger partial charge in [0.25, 0.3) is 5.91 Å². The van der Waals surface area contributed by atoms with Gasteiger partial charge >= 0.3 is 0 Å². The van der Waals surface area contributed by atoms with Crippen LogP contribution in [0, 0.1) is 5.92 Å². The van der Waals surface area contributed by atoms with Gasteiger partial charge in [-0.25, -0.2) is 4.98 Å². The number of hydrogen-bond donors (Lipinski definition) is 1. The van der Waals surface area contributed by atoms with E-state index >= 15 is 0 Å². The van der Waals surface area contributed by atoms with Gasteiger partial charge in [-0.3, -0.25) is 4.79 Å². The Balaban J connectivity index is 1.51. The number of piperidine rings is 1. The van der Waals surface area contributed by atoms with Gasteiger partial charge in [0.1, 0.15) is 16.9 Å². The SMILES string of the molecule is CCn1c(-c2nc3cc(C(=O)N4CCC[C@@H](N)C4)cc(OC)c3n2C[C@H]2C[C@@](C)(OC)C2)cc2ccc(OC)nc21. The Morgan fingerprint density at radius 1 is 1.10 bits per heavy atom. The molecule has 2 aliphatic rings. The summed E-state index contributed by atoms with van der Waals surface area (Å²) >= 11 is 0. The molecule has 4 heterocycles. The molecule has 1 aromatic carbocycles. The molecular weight excluding hydrogens is 520 g/mol. The first-order valence-corrected chi connectivity index (χ1v) is 14.5. The van der Waals surface area contributed by atoms with Gasteiger partial charge in [-0.2, -0.15) is 4.98 Å². The van der Waals surface area contributed by atoms with Crippen molar-refractivity contribution >= 4 is 28.0 Å². The van der Waals surface area contributed by atoms with Crippen molar-refractivity contribution in [2.75, 3.05) is 34.4 Å². The van der Waals surface area contributed by atoms with Gasteiger partial charge < -0.3 is 34.0 Å². The molecule has 3 aromatic heterocycles. The molecule has 10 heteroatoms. The van der Waals surface area contributed by atoms with Gasteiger partial charge in [-0.1, -0.05) is 0 Å². The van der Waals surface area contributed by atoms with Crippen molar-refractivity contribution in [3.05, 3.63) is 35.9 Å². The van der Waals surface area contributed by atoms with E-state index < -0.39 is 0 Å². The number of nitrogens with zero attached hydrogens (tertiary/aromatic N) is 5. The molecule has 218 valence electrons. The summed E-state index contributed by atoms with van der Waals surface area (Å²) in [4.78, 5) is 25.4. The lowest BCUT2D eigenvalue weighted by Crippen LogP contribution is -2.45. The fourth-order valence-electron chi connectivity index (χ4n) is 6.70. The normalized spacial score (nSPS) is 22.7. The number of pyridine rings is 1. The molecular formula is C31H40N6O4. The number of rotatable bonds is 8. The van der Waals surface area contributed by atoms with E-state index in [1.807, 2.05) is 29.2 Å². The molecule has 0 radical (unpaired) electrons. The number of imidazole rings is 1. The van der Waals surface area contributed by atoms with Crippen molar-refractivity contribution in [1.82, 2.24) is 24.0 Å². The summed E-state index contributed by atoms with van der Waals surface area (Å²) in [6.45, 7) is 7.01. The van der Waals surface area contributed by atoms with E-state index in [0.717, 1.165) is 65.8 Å². The van der Waals surface area contributed by atoms with Crippen LogP contribution in [0.1, 0.15) is 49.9 Å². The highest BCUT2D eigenvalue weighted by molar-refractivity contribution is 6.00. The van der Waals surface area contributed by atoms with E-state index in [-0.39, 0.29) is 17.6 Å². The van der Waals surface area contributed by atoms with E-state index in [0.29, 0.717) is 42.7 Å². The standard InChI is InChI=1S/C31H40N6O4/c1-6-36-24(13-20-9-10-26(40-4)34-28(20)36)29-33-23-12-21(30(38)35-11-7-8-22(32)18-35)14-25(39-3)27(23)37(29)17-19-15-31(2,16-19)41-5/h9-10,12-14,19,22H,6-8,11,15-18,32H2,1-5H3/t19-,22-,31+/m1/s1. The molecule has 0 spiro atoms. The number of carbonyl (C=O) groups is 1. The second-order valence-corrected chi connectivity index (χ2v) is 11.7. The molecule has 0 unspecified atom stereocenters. The van der Waals surface area contributed by atoms with Crippen LogP contribution in [0.3, 0.4) is 0 Å². The number of amides is 1. The second kappa shape index (κ2) is 10.6. The van der Waals surface area contributed by atoms with Crippen LogP contribution in [0.5, 0.6) is 11.6 Å². The van der Waals surface area contributed by atoms with E-state index in [1.54, 1.807) is 21.3 Å². The molecule has 1 atom stereocenters. The molecule has 41 heavy (non-hydrogen) atoms. The lowest BCUT2D eigenvalue weighted by molar-refractivity contribution is -0.0937. The van der Waals surface area contributed by atoms with E-state index in [4.69, 9.17) is 29.9 Å². The van der Waals surface area contributed by atoms with Crippen LogP contribution in [0.4, 0.5) is 0 Å². The summed E-state index contributed by atoms with van der Waals surface area (Å²) in [5.74, 6) is 2.42. The monoisotopic (exact) mass is 560 g/mol. The third-order valence-corrected chi connectivity index (χ3v) is 8.87. The average molecular weight is 561 g/mol. The van der Waals surface area contributed by atoms with Crippen molar-refractivity contribution in [1.29, 1.82) is 0 Å². The average Bonchev–Trinajstić information content (AvgIpc) is 3.52. The summed E-state index contributed by atoms with van der Waals surface area (Å²) in [7, 11) is 5.07. The number of ether oxygens (including phenoxy) is 3. The number of likely N-dealkylation sites (tertiary alicyclic amines) is 1. The van der Waals surface area contributed by atoms with Gasteiger partial charge in [-0.15, -0.1) is 0 Å². The zero-order valence-corrected chi connectivity index (χ0v) is 24.6. The predicted molar refractivity (Wildman–Crippen MR) is 158 cm³/mol. The zero-order valence-electron chi connectivity index (χ0n) is 24.6. The summed E-state index contributed by atoms with van der Waals surface area (Å²) < 4.78 is 21.5. The molecule has 1 saturated heterocycles. The number of aryl methyl sites for hydroxylation is 1. The van der Waals surface area contributed by atoms with Crippen molar-refractivity contribution in [2.45, 2.75) is 64.3 Å². The predicted octanol–water partition coefficient (Wildman–Crippen LogP) is 4.47. The molecule has 1 aliphatic carbocycles. The van der Waals surface area contributed by atoms with Crippen molar-refractivity contribution < 1.29 is 19.0 Å². The maximum absolute atomic E-state index is 13.6. The minimum atomic E-state index is -0.0982. The number of nitrogens with two attached hydrogens (primary N) is 1. The third-order valence-electron chi connectivity index (χ3n) is 8.87. The molecule has 1 saturated carbocycles. The van der Waals surface area contributed by atoms with Crippen LogP contribution in [0.25, 0.3) is 33.6 Å². The Morgan fingerprint density at radius 2 is 1.90 bits per heavy atom. The van der Waals surface area contributed by atoms with Gasteiger partial charge in [0.2, 0.25) is 5.88 Å². The molecule has 10 nitrogen and oxygen atoms in total. The van der Waals surface area contributed by atoms with Gasteiger partial charge in [0.15, 0.2) is 5.82 Å². The van der Waals surface area contributed by atoms with Crippen LogP contribution >= 0.6 is 0 Å². The first-order valence-electron chi connectivity index (χ1n) is 14.5. The Hall–Kier alpha value is -3.63. The Labute approximate surface area is 240 Å². The number of fused-ring (bicyclic) bond motifs is 2. The highest BCUT2D eigenvalue weighted by atomic mass is 16.5. The smallest absolute Gasteiger partial charge is 0.254 e. The van der Waals surface area contributed by atoms with Gasteiger partial charge in [-0.05, 0) is 69.7 Å².